The van der Waals surface area contributed by atoms with Gasteiger partial charge in [-0.3, -0.25) is 8.75 Å². The van der Waals surface area contributed by atoms with Crippen molar-refractivity contribution < 1.29 is 30.6 Å². The van der Waals surface area contributed by atoms with Crippen LogP contribution in [0, 0.1) is 12.7 Å². The van der Waals surface area contributed by atoms with Crippen molar-refractivity contribution in [3.63, 3.8) is 0 Å². The molecule has 0 aliphatic heterocycles. The molecule has 120 valence electrons. The van der Waals surface area contributed by atoms with Gasteiger partial charge in [-0.15, -0.1) is 0 Å². The topological polar surface area (TPSA) is 78.9 Å². The lowest BCUT2D eigenvalue weighted by Gasteiger charge is -2.18. The Labute approximate surface area is 123 Å². The molecule has 0 heterocycles. The van der Waals surface area contributed by atoms with Gasteiger partial charge in [0.05, 0.1) is 6.10 Å². The summed E-state index contributed by atoms with van der Waals surface area (Å²) in [5, 5.41) is 0. The van der Waals surface area contributed by atoms with Crippen LogP contribution < -0.4 is 0 Å². The van der Waals surface area contributed by atoms with Gasteiger partial charge in [0.25, 0.3) is 0 Å². The van der Waals surface area contributed by atoms with E-state index in [2.05, 4.69) is 4.18 Å². The van der Waals surface area contributed by atoms with E-state index in [1.807, 2.05) is 0 Å². The van der Waals surface area contributed by atoms with Crippen LogP contribution in [0.3, 0.4) is 0 Å². The second kappa shape index (κ2) is 6.98. The third-order valence-electron chi connectivity index (χ3n) is 2.43. The number of halogens is 1. The normalized spacial score (nSPS) is 15.1. The molecule has 21 heavy (non-hydrogen) atoms. The van der Waals surface area contributed by atoms with Gasteiger partial charge in [0.1, 0.15) is 10.7 Å². The quantitative estimate of drug-likeness (QED) is 0.561. The van der Waals surface area contributed by atoms with E-state index in [-0.39, 0.29) is 5.56 Å². The minimum absolute atomic E-state index is 0.187. The second-order valence-corrected chi connectivity index (χ2v) is 8.14. The summed E-state index contributed by atoms with van der Waals surface area (Å²) in [5.74, 6) is -0.938. The Kier molecular flexibility index (Phi) is 6.07. The van der Waals surface area contributed by atoms with Crippen LogP contribution in [-0.2, 0) is 27.9 Å². The fraction of sp³-hybridized carbons (Fsp3) is 0.500. The minimum Gasteiger partial charge on any atom is -0.310 e. The fourth-order valence-electron chi connectivity index (χ4n) is 1.57. The summed E-state index contributed by atoms with van der Waals surface area (Å²) in [6.07, 6.45) is -1.27. The molecule has 0 spiro atoms. The first-order valence-electron chi connectivity index (χ1n) is 6.09. The highest BCUT2D eigenvalue weighted by atomic mass is 32.2. The Morgan fingerprint density at radius 1 is 1.33 bits per heavy atom. The van der Waals surface area contributed by atoms with Crippen LogP contribution >= 0.6 is 7.60 Å². The number of hydrogen-bond donors (Lipinski definition) is 0. The number of benzene rings is 1. The standard InChI is InChI=1S/C12H18FO6PS/c1-9(2)19-20(14,17-4)8-18-21(15,16)12-10(3)6-5-7-11(12)13/h5-7,9H,8H2,1-4H3. The molecule has 6 nitrogen and oxygen atoms in total. The van der Waals surface area contributed by atoms with Crippen LogP contribution in [0.1, 0.15) is 19.4 Å². The highest BCUT2D eigenvalue weighted by molar-refractivity contribution is 7.87. The fourth-order valence-corrected chi connectivity index (χ4v) is 4.43. The maximum absolute atomic E-state index is 13.7. The lowest BCUT2D eigenvalue weighted by Crippen LogP contribution is -2.14. The molecule has 0 aromatic heterocycles. The van der Waals surface area contributed by atoms with E-state index in [9.17, 15) is 17.4 Å². The molecule has 0 fully saturated rings. The van der Waals surface area contributed by atoms with Crippen molar-refractivity contribution in [2.45, 2.75) is 31.8 Å². The summed E-state index contributed by atoms with van der Waals surface area (Å²) in [5.41, 5.74) is 0.187. The van der Waals surface area contributed by atoms with Gasteiger partial charge in [0.15, 0.2) is 6.35 Å². The van der Waals surface area contributed by atoms with Gasteiger partial charge >= 0.3 is 17.7 Å². The second-order valence-electron chi connectivity index (χ2n) is 4.53. The predicted octanol–water partition coefficient (Wildman–Crippen LogP) is 3.06. The van der Waals surface area contributed by atoms with Gasteiger partial charge in [-0.25, -0.2) is 4.39 Å². The highest BCUT2D eigenvalue weighted by Crippen LogP contribution is 2.49. The SMILES string of the molecule is COP(=O)(COS(=O)(=O)c1c(C)cccc1F)OC(C)C. The zero-order valence-electron chi connectivity index (χ0n) is 12.2. The molecule has 0 aliphatic rings. The molecule has 1 unspecified atom stereocenters. The molecular formula is C12H18FO6PS. The molecule has 0 radical (unpaired) electrons. The summed E-state index contributed by atoms with van der Waals surface area (Å²) in [4.78, 5) is -0.586. The van der Waals surface area contributed by atoms with Crippen molar-refractivity contribution in [3.8, 4) is 0 Å². The molecule has 0 aliphatic carbocycles. The number of aryl methyl sites for hydroxylation is 1. The van der Waals surface area contributed by atoms with Crippen LogP contribution in [-0.4, -0.2) is 28.0 Å². The molecule has 0 N–H and O–H groups in total. The average molecular weight is 340 g/mol. The van der Waals surface area contributed by atoms with Crippen molar-refractivity contribution in [2.75, 3.05) is 13.5 Å². The average Bonchev–Trinajstić information content (AvgIpc) is 2.35. The molecule has 0 amide bonds. The minimum atomic E-state index is -4.41. The Bertz CT molecular complexity index is 623. The largest absolute Gasteiger partial charge is 0.357 e. The van der Waals surface area contributed by atoms with E-state index in [1.165, 1.54) is 19.1 Å². The molecule has 0 bridgehead atoms. The van der Waals surface area contributed by atoms with Crippen LogP contribution in [0.15, 0.2) is 23.1 Å². The Morgan fingerprint density at radius 3 is 2.43 bits per heavy atom. The maximum atomic E-state index is 13.7. The molecule has 1 aromatic rings. The number of hydrogen-bond acceptors (Lipinski definition) is 6. The molecule has 0 saturated carbocycles. The van der Waals surface area contributed by atoms with Gasteiger partial charge in [-0.2, -0.15) is 8.42 Å². The van der Waals surface area contributed by atoms with Crippen LogP contribution in [0.2, 0.25) is 0 Å². The monoisotopic (exact) mass is 340 g/mol. The van der Waals surface area contributed by atoms with E-state index in [4.69, 9.17) is 9.05 Å². The van der Waals surface area contributed by atoms with Crippen molar-refractivity contribution >= 4 is 17.7 Å². The lowest BCUT2D eigenvalue weighted by atomic mass is 10.2. The van der Waals surface area contributed by atoms with Gasteiger partial charge in [-0.05, 0) is 32.4 Å². The van der Waals surface area contributed by atoms with E-state index in [0.29, 0.717) is 0 Å². The van der Waals surface area contributed by atoms with Crippen LogP contribution in [0.25, 0.3) is 0 Å². The van der Waals surface area contributed by atoms with Gasteiger partial charge in [0.2, 0.25) is 0 Å². The molecule has 1 aromatic carbocycles. The van der Waals surface area contributed by atoms with E-state index < -0.39 is 40.9 Å². The predicted molar refractivity (Wildman–Crippen MR) is 75.1 cm³/mol. The highest BCUT2D eigenvalue weighted by Gasteiger charge is 2.31. The Morgan fingerprint density at radius 2 is 1.95 bits per heavy atom. The Hall–Kier alpha value is -0.790. The van der Waals surface area contributed by atoms with Gasteiger partial charge in [0, 0.05) is 7.11 Å². The van der Waals surface area contributed by atoms with Crippen molar-refractivity contribution in [1.82, 2.24) is 0 Å². The Balaban J connectivity index is 2.99. The molecular weight excluding hydrogens is 322 g/mol. The van der Waals surface area contributed by atoms with E-state index in [1.54, 1.807) is 13.8 Å². The zero-order valence-corrected chi connectivity index (χ0v) is 13.9. The summed E-state index contributed by atoms with van der Waals surface area (Å²) in [7, 11) is -7.02. The maximum Gasteiger partial charge on any atom is 0.357 e. The summed E-state index contributed by atoms with van der Waals surface area (Å²) >= 11 is 0. The molecule has 9 heteroatoms. The van der Waals surface area contributed by atoms with Gasteiger partial charge < -0.3 is 9.05 Å². The first-order valence-corrected chi connectivity index (χ1v) is 9.22. The van der Waals surface area contributed by atoms with Crippen LogP contribution in [0.4, 0.5) is 4.39 Å². The van der Waals surface area contributed by atoms with Crippen molar-refractivity contribution in [2.24, 2.45) is 0 Å². The molecule has 1 rings (SSSR count). The lowest BCUT2D eigenvalue weighted by molar-refractivity contribution is 0.171. The summed E-state index contributed by atoms with van der Waals surface area (Å²) < 4.78 is 64.2. The van der Waals surface area contributed by atoms with E-state index in [0.717, 1.165) is 13.2 Å². The van der Waals surface area contributed by atoms with Crippen molar-refractivity contribution in [3.05, 3.63) is 29.6 Å². The van der Waals surface area contributed by atoms with E-state index >= 15 is 0 Å². The number of rotatable bonds is 7. The van der Waals surface area contributed by atoms with Crippen LogP contribution in [0.5, 0.6) is 0 Å². The summed E-state index contributed by atoms with van der Waals surface area (Å²) in [6.45, 7) is 4.65. The first kappa shape index (κ1) is 18.3. The van der Waals surface area contributed by atoms with Gasteiger partial charge in [-0.1, -0.05) is 12.1 Å². The third kappa shape index (κ3) is 4.86. The third-order valence-corrected chi connectivity index (χ3v) is 5.79. The zero-order chi connectivity index (χ0) is 16.3. The smallest absolute Gasteiger partial charge is 0.310 e. The summed E-state index contributed by atoms with van der Waals surface area (Å²) in [6, 6.07) is 3.81. The molecule has 0 saturated heterocycles. The molecule has 1 atom stereocenters. The first-order chi connectivity index (χ1) is 9.61. The van der Waals surface area contributed by atoms with Crippen molar-refractivity contribution in [1.29, 1.82) is 0 Å².